The van der Waals surface area contributed by atoms with Crippen LogP contribution in [0, 0.1) is 11.8 Å². The number of nitrogens with one attached hydrogen (secondary N) is 1. The maximum Gasteiger partial charge on any atom is 0.407 e. The normalized spacial score (nSPS) is 32.7. The summed E-state index contributed by atoms with van der Waals surface area (Å²) in [5.41, 5.74) is 0. The third-order valence-electron chi connectivity index (χ3n) is 3.18. The Morgan fingerprint density at radius 1 is 1.20 bits per heavy atom. The molecule has 5 nitrogen and oxygen atoms in total. The number of carboxylic acid groups (broad SMARTS) is 1. The fourth-order valence-corrected chi connectivity index (χ4v) is 2.54. The van der Waals surface area contributed by atoms with Crippen molar-refractivity contribution in [3.63, 3.8) is 0 Å². The number of carboxylic acids is 1. The van der Waals surface area contributed by atoms with Gasteiger partial charge in [-0.2, -0.15) is 0 Å². The van der Waals surface area contributed by atoms with Gasteiger partial charge in [0.25, 0.3) is 0 Å². The van der Waals surface area contributed by atoms with Crippen LogP contribution in [-0.4, -0.2) is 29.8 Å². The molecule has 0 radical (unpaired) electrons. The molecule has 0 unspecified atom stereocenters. The van der Waals surface area contributed by atoms with E-state index in [0.29, 0.717) is 0 Å². The summed E-state index contributed by atoms with van der Waals surface area (Å²) in [6.45, 7) is -0.377. The number of carbonyl (C=O) groups excluding carboxylic acids is 1. The molecule has 0 atom stereocenters. The van der Waals surface area contributed by atoms with Gasteiger partial charge < -0.3 is 15.2 Å². The van der Waals surface area contributed by atoms with Gasteiger partial charge >= 0.3 is 12.1 Å². The van der Waals surface area contributed by atoms with Crippen molar-refractivity contribution >= 4 is 12.1 Å². The number of hydrogen-bond acceptors (Lipinski definition) is 3. The number of alkyl carbamates (subject to hydrolysis) is 1. The van der Waals surface area contributed by atoms with E-state index < -0.39 is 12.1 Å². The average molecular weight is 213 g/mol. The molecule has 15 heavy (non-hydrogen) atoms. The molecule has 0 aromatic carbocycles. The van der Waals surface area contributed by atoms with E-state index in [9.17, 15) is 9.59 Å². The lowest BCUT2D eigenvalue weighted by Crippen LogP contribution is -2.41. The first kappa shape index (κ1) is 10.3. The zero-order valence-corrected chi connectivity index (χ0v) is 8.44. The monoisotopic (exact) mass is 213 g/mol. The van der Waals surface area contributed by atoms with Gasteiger partial charge in [-0.15, -0.1) is 0 Å². The quantitative estimate of drug-likeness (QED) is 0.733. The molecule has 0 aromatic heterocycles. The Kier molecular flexibility index (Phi) is 2.79. The lowest BCUT2D eigenvalue weighted by Gasteiger charge is -2.44. The summed E-state index contributed by atoms with van der Waals surface area (Å²) < 4.78 is 5.13. The first-order valence-electron chi connectivity index (χ1n) is 5.29. The molecule has 0 spiro atoms. The van der Waals surface area contributed by atoms with Crippen LogP contribution in [0.1, 0.15) is 25.7 Å². The third kappa shape index (κ3) is 2.61. The van der Waals surface area contributed by atoms with E-state index in [-0.39, 0.29) is 12.6 Å². The summed E-state index contributed by atoms with van der Waals surface area (Å²) in [5, 5.41) is 10.5. The summed E-state index contributed by atoms with van der Waals surface area (Å²) in [5.74, 6) is 0.389. The Morgan fingerprint density at radius 3 is 2.33 bits per heavy atom. The second-order valence-electron chi connectivity index (χ2n) is 4.45. The molecule has 2 bridgehead atoms. The van der Waals surface area contributed by atoms with Crippen molar-refractivity contribution in [2.24, 2.45) is 11.8 Å². The number of aliphatic carboxylic acids is 1. The van der Waals surface area contributed by atoms with E-state index in [0.717, 1.165) is 24.7 Å². The van der Waals surface area contributed by atoms with Crippen LogP contribution in [0.3, 0.4) is 0 Å². The Hall–Kier alpha value is -1.26. The Labute approximate surface area is 87.8 Å². The molecule has 5 heteroatoms. The Morgan fingerprint density at radius 2 is 1.80 bits per heavy atom. The molecule has 3 rings (SSSR count). The van der Waals surface area contributed by atoms with Crippen molar-refractivity contribution in [2.45, 2.75) is 31.8 Å². The lowest BCUT2D eigenvalue weighted by atomic mass is 9.64. The molecule has 3 saturated carbocycles. The third-order valence-corrected chi connectivity index (χ3v) is 3.18. The van der Waals surface area contributed by atoms with Gasteiger partial charge in [-0.1, -0.05) is 0 Å². The van der Waals surface area contributed by atoms with Gasteiger partial charge in [-0.25, -0.2) is 4.79 Å². The zero-order chi connectivity index (χ0) is 10.8. The minimum atomic E-state index is -1.06. The number of ether oxygens (including phenoxy) is 1. The SMILES string of the molecule is O=C(O)CNC(=O)OC1CC2CC(C2)C1. The van der Waals surface area contributed by atoms with Gasteiger partial charge in [0.05, 0.1) is 0 Å². The molecule has 84 valence electrons. The van der Waals surface area contributed by atoms with Gasteiger partial charge in [-0.3, -0.25) is 4.79 Å². The molecule has 0 saturated heterocycles. The van der Waals surface area contributed by atoms with Gasteiger partial charge in [0.1, 0.15) is 12.6 Å². The van der Waals surface area contributed by atoms with E-state index in [2.05, 4.69) is 5.32 Å². The van der Waals surface area contributed by atoms with Gasteiger partial charge in [0.15, 0.2) is 0 Å². The van der Waals surface area contributed by atoms with Gasteiger partial charge in [0.2, 0.25) is 0 Å². The van der Waals surface area contributed by atoms with Crippen molar-refractivity contribution in [3.8, 4) is 0 Å². The largest absolute Gasteiger partial charge is 0.480 e. The first-order valence-corrected chi connectivity index (χ1v) is 5.29. The van der Waals surface area contributed by atoms with E-state index >= 15 is 0 Å². The number of hydrogen-bond donors (Lipinski definition) is 2. The van der Waals surface area contributed by atoms with Crippen LogP contribution in [0.25, 0.3) is 0 Å². The molecular formula is C10H15NO4. The fourth-order valence-electron chi connectivity index (χ4n) is 2.54. The standard InChI is InChI=1S/C10H15NO4/c12-9(13)5-11-10(14)15-8-3-6-1-7(2-6)4-8/h6-8H,1-5H2,(H,11,14)(H,12,13). The van der Waals surface area contributed by atoms with Crippen LogP contribution in [0.4, 0.5) is 4.79 Å². The zero-order valence-electron chi connectivity index (χ0n) is 8.44. The number of fused-ring (bicyclic) bond motifs is 2. The Balaban J connectivity index is 1.68. The minimum absolute atomic E-state index is 0.00343. The highest BCUT2D eigenvalue weighted by Gasteiger charge is 2.39. The molecule has 0 aromatic rings. The molecule has 0 heterocycles. The average Bonchev–Trinajstić information content (AvgIpc) is 2.13. The molecule has 3 aliphatic rings. The van der Waals surface area contributed by atoms with Crippen molar-refractivity contribution in [1.82, 2.24) is 5.32 Å². The highest BCUT2D eigenvalue weighted by atomic mass is 16.6. The molecule has 3 aliphatic carbocycles. The van der Waals surface area contributed by atoms with Crippen LogP contribution in [0.15, 0.2) is 0 Å². The van der Waals surface area contributed by atoms with Crippen LogP contribution >= 0.6 is 0 Å². The molecular weight excluding hydrogens is 198 g/mol. The van der Waals surface area contributed by atoms with Gasteiger partial charge in [-0.05, 0) is 37.5 Å². The minimum Gasteiger partial charge on any atom is -0.480 e. The van der Waals surface area contributed by atoms with Gasteiger partial charge in [0, 0.05) is 0 Å². The van der Waals surface area contributed by atoms with Crippen molar-refractivity contribution < 1.29 is 19.4 Å². The van der Waals surface area contributed by atoms with E-state index in [1.165, 1.54) is 12.8 Å². The Bertz CT molecular complexity index is 263. The van der Waals surface area contributed by atoms with E-state index in [1.54, 1.807) is 0 Å². The second-order valence-corrected chi connectivity index (χ2v) is 4.45. The topological polar surface area (TPSA) is 75.6 Å². The van der Waals surface area contributed by atoms with Crippen LogP contribution < -0.4 is 5.32 Å². The molecule has 2 N–H and O–H groups in total. The lowest BCUT2D eigenvalue weighted by molar-refractivity contribution is -0.136. The summed E-state index contributed by atoms with van der Waals surface area (Å²) in [7, 11) is 0. The van der Waals surface area contributed by atoms with E-state index in [1.807, 2.05) is 0 Å². The van der Waals surface area contributed by atoms with Crippen LogP contribution in [0.5, 0.6) is 0 Å². The van der Waals surface area contributed by atoms with E-state index in [4.69, 9.17) is 9.84 Å². The number of rotatable bonds is 3. The van der Waals surface area contributed by atoms with Crippen LogP contribution in [-0.2, 0) is 9.53 Å². The summed E-state index contributed by atoms with van der Waals surface area (Å²) in [6, 6.07) is 0. The fraction of sp³-hybridized carbons (Fsp3) is 0.800. The van der Waals surface area contributed by atoms with Crippen molar-refractivity contribution in [1.29, 1.82) is 0 Å². The first-order chi connectivity index (χ1) is 7.13. The number of amides is 1. The predicted octanol–water partition coefficient (Wildman–Crippen LogP) is 0.986. The van der Waals surface area contributed by atoms with Crippen molar-refractivity contribution in [2.75, 3.05) is 6.54 Å². The smallest absolute Gasteiger partial charge is 0.407 e. The molecule has 0 aliphatic heterocycles. The molecule has 1 amide bonds. The predicted molar refractivity (Wildman–Crippen MR) is 51.4 cm³/mol. The van der Waals surface area contributed by atoms with Crippen molar-refractivity contribution in [3.05, 3.63) is 0 Å². The molecule has 3 fully saturated rings. The highest BCUT2D eigenvalue weighted by molar-refractivity contribution is 5.76. The maximum atomic E-state index is 11.1. The van der Waals surface area contributed by atoms with Crippen LogP contribution in [0.2, 0.25) is 0 Å². The summed E-state index contributed by atoms with van der Waals surface area (Å²) in [6.07, 6.45) is 3.82. The summed E-state index contributed by atoms with van der Waals surface area (Å²) in [4.78, 5) is 21.3. The number of carbonyl (C=O) groups is 2. The maximum absolute atomic E-state index is 11.1. The second kappa shape index (κ2) is 4.08. The summed E-state index contributed by atoms with van der Waals surface area (Å²) >= 11 is 0. The highest BCUT2D eigenvalue weighted by Crippen LogP contribution is 2.46.